The zero-order valence-electron chi connectivity index (χ0n) is 12.2. The molecule has 116 valence electrons. The van der Waals surface area contributed by atoms with Crippen LogP contribution < -0.4 is 11.1 Å². The molecule has 2 heterocycles. The number of nitrogens with one attached hydrogen (secondary N) is 1. The summed E-state index contributed by atoms with van der Waals surface area (Å²) in [6, 6.07) is 4.49. The molecular weight excluding hydrogens is 302 g/mol. The summed E-state index contributed by atoms with van der Waals surface area (Å²) in [4.78, 5) is 16.1. The number of carbonyl (C=O) groups is 1. The van der Waals surface area contributed by atoms with Gasteiger partial charge in [-0.05, 0) is 37.1 Å². The third kappa shape index (κ3) is 6.11. The van der Waals surface area contributed by atoms with Crippen molar-refractivity contribution in [3.63, 3.8) is 0 Å². The van der Waals surface area contributed by atoms with Crippen molar-refractivity contribution < 1.29 is 4.79 Å². The summed E-state index contributed by atoms with van der Waals surface area (Å²) >= 11 is 6.68. The first-order valence-electron chi connectivity index (χ1n) is 7.46. The quantitative estimate of drug-likeness (QED) is 0.752. The van der Waals surface area contributed by atoms with Crippen molar-refractivity contribution in [1.29, 1.82) is 0 Å². The normalized spacial score (nSPS) is 16.8. The van der Waals surface area contributed by atoms with Crippen LogP contribution in [0.5, 0.6) is 0 Å². The van der Waals surface area contributed by atoms with Crippen LogP contribution in [0.4, 0.5) is 0 Å². The van der Waals surface area contributed by atoms with Gasteiger partial charge >= 0.3 is 0 Å². The summed E-state index contributed by atoms with van der Waals surface area (Å²) in [5.74, 6) is 0.180. The van der Waals surface area contributed by atoms with Crippen LogP contribution in [0.3, 0.4) is 0 Å². The molecule has 21 heavy (non-hydrogen) atoms. The first-order valence-corrected chi connectivity index (χ1v) is 8.74. The number of nitrogens with zero attached hydrogens (tertiary/aromatic N) is 1. The topological polar surface area (TPSA) is 58.4 Å². The minimum Gasteiger partial charge on any atom is -0.392 e. The third-order valence-corrected chi connectivity index (χ3v) is 4.80. The maximum Gasteiger partial charge on any atom is 0.220 e. The van der Waals surface area contributed by atoms with E-state index >= 15 is 0 Å². The summed E-state index contributed by atoms with van der Waals surface area (Å²) in [5.41, 5.74) is 5.55. The van der Waals surface area contributed by atoms with Crippen LogP contribution >= 0.6 is 23.6 Å². The number of aryl methyl sites for hydroxylation is 1. The molecule has 0 unspecified atom stereocenters. The number of thiophene rings is 1. The number of nitrogens with two attached hydrogens (primary N) is 1. The lowest BCUT2D eigenvalue weighted by Crippen LogP contribution is -2.46. The van der Waals surface area contributed by atoms with Gasteiger partial charge in [0.05, 0.1) is 4.99 Å². The zero-order chi connectivity index (χ0) is 15.1. The van der Waals surface area contributed by atoms with Crippen molar-refractivity contribution in [1.82, 2.24) is 10.2 Å². The monoisotopic (exact) mass is 325 g/mol. The molecule has 2 rings (SSSR count). The average Bonchev–Trinajstić information content (AvgIpc) is 2.93. The molecule has 3 N–H and O–H groups in total. The van der Waals surface area contributed by atoms with Crippen LogP contribution in [-0.4, -0.2) is 41.5 Å². The second-order valence-electron chi connectivity index (χ2n) is 5.52. The SMILES string of the molecule is NC(=S)CN1CCC(NC(=O)CCCc2cccs2)CC1. The first-order chi connectivity index (χ1) is 10.1. The van der Waals surface area contributed by atoms with E-state index < -0.39 is 0 Å². The highest BCUT2D eigenvalue weighted by Gasteiger charge is 2.20. The summed E-state index contributed by atoms with van der Waals surface area (Å²) in [7, 11) is 0. The van der Waals surface area contributed by atoms with Crippen LogP contribution in [0.2, 0.25) is 0 Å². The molecule has 1 fully saturated rings. The molecule has 0 spiro atoms. The van der Waals surface area contributed by atoms with E-state index in [0.717, 1.165) is 38.8 Å². The molecule has 0 atom stereocenters. The summed E-state index contributed by atoms with van der Waals surface area (Å²) in [6.45, 7) is 2.60. The smallest absolute Gasteiger partial charge is 0.220 e. The molecule has 4 nitrogen and oxygen atoms in total. The highest BCUT2D eigenvalue weighted by Crippen LogP contribution is 2.13. The van der Waals surface area contributed by atoms with Gasteiger partial charge in [-0.2, -0.15) is 0 Å². The average molecular weight is 326 g/mol. The second kappa shape index (κ2) is 8.46. The predicted octanol–water partition coefficient (Wildman–Crippen LogP) is 1.94. The predicted molar refractivity (Wildman–Crippen MR) is 91.6 cm³/mol. The molecule has 1 aliphatic rings. The van der Waals surface area contributed by atoms with Gasteiger partial charge < -0.3 is 11.1 Å². The summed E-state index contributed by atoms with van der Waals surface area (Å²) < 4.78 is 0. The summed E-state index contributed by atoms with van der Waals surface area (Å²) in [6.07, 6.45) is 4.51. The fourth-order valence-corrected chi connectivity index (χ4v) is 3.57. The molecule has 0 bridgehead atoms. The molecule has 1 aliphatic heterocycles. The number of thiocarbonyl (C=S) groups is 1. The number of amides is 1. The number of hydrogen-bond donors (Lipinski definition) is 2. The van der Waals surface area contributed by atoms with E-state index in [9.17, 15) is 4.79 Å². The van der Waals surface area contributed by atoms with Gasteiger partial charge in [0.15, 0.2) is 0 Å². The molecule has 0 radical (unpaired) electrons. The van der Waals surface area contributed by atoms with Crippen molar-refractivity contribution in [3.05, 3.63) is 22.4 Å². The number of hydrogen-bond acceptors (Lipinski definition) is 4. The van der Waals surface area contributed by atoms with Gasteiger partial charge in [-0.3, -0.25) is 9.69 Å². The van der Waals surface area contributed by atoms with E-state index in [4.69, 9.17) is 18.0 Å². The fraction of sp³-hybridized carbons (Fsp3) is 0.600. The molecule has 1 aromatic rings. The molecule has 1 aromatic heterocycles. The van der Waals surface area contributed by atoms with Gasteiger partial charge in [-0.1, -0.05) is 18.3 Å². The highest BCUT2D eigenvalue weighted by atomic mass is 32.1. The molecular formula is C15H23N3OS2. The molecule has 0 aliphatic carbocycles. The number of likely N-dealkylation sites (tertiary alicyclic amines) is 1. The maximum atomic E-state index is 11.9. The molecule has 0 aromatic carbocycles. The van der Waals surface area contributed by atoms with Crippen molar-refractivity contribution >= 4 is 34.5 Å². The lowest BCUT2D eigenvalue weighted by molar-refractivity contribution is -0.122. The molecule has 6 heteroatoms. The van der Waals surface area contributed by atoms with Crippen LogP contribution in [0, 0.1) is 0 Å². The zero-order valence-corrected chi connectivity index (χ0v) is 13.8. The van der Waals surface area contributed by atoms with E-state index in [-0.39, 0.29) is 5.91 Å². The number of carbonyl (C=O) groups excluding carboxylic acids is 1. The Morgan fingerprint density at radius 1 is 1.48 bits per heavy atom. The van der Waals surface area contributed by atoms with Gasteiger partial charge in [-0.15, -0.1) is 11.3 Å². The van der Waals surface area contributed by atoms with Crippen LogP contribution in [-0.2, 0) is 11.2 Å². The minimum absolute atomic E-state index is 0.180. The Morgan fingerprint density at radius 2 is 2.24 bits per heavy atom. The molecule has 0 saturated carbocycles. The lowest BCUT2D eigenvalue weighted by atomic mass is 10.0. The Morgan fingerprint density at radius 3 is 2.86 bits per heavy atom. The van der Waals surface area contributed by atoms with Gasteiger partial charge in [0.2, 0.25) is 5.91 Å². The lowest BCUT2D eigenvalue weighted by Gasteiger charge is -2.31. The first kappa shape index (κ1) is 16.4. The van der Waals surface area contributed by atoms with E-state index in [1.165, 1.54) is 4.88 Å². The van der Waals surface area contributed by atoms with Gasteiger partial charge in [0, 0.05) is 37.0 Å². The van der Waals surface area contributed by atoms with Gasteiger partial charge in [0.1, 0.15) is 0 Å². The minimum atomic E-state index is 0.180. The Kier molecular flexibility index (Phi) is 6.60. The van der Waals surface area contributed by atoms with Gasteiger partial charge in [-0.25, -0.2) is 0 Å². The van der Waals surface area contributed by atoms with Crippen molar-refractivity contribution in [2.24, 2.45) is 5.73 Å². The van der Waals surface area contributed by atoms with E-state index in [1.54, 1.807) is 11.3 Å². The van der Waals surface area contributed by atoms with Crippen molar-refractivity contribution in [2.45, 2.75) is 38.1 Å². The largest absolute Gasteiger partial charge is 0.392 e. The highest BCUT2D eigenvalue weighted by molar-refractivity contribution is 7.80. The van der Waals surface area contributed by atoms with Crippen molar-refractivity contribution in [2.75, 3.05) is 19.6 Å². The fourth-order valence-electron chi connectivity index (χ4n) is 2.63. The molecule has 1 saturated heterocycles. The summed E-state index contributed by atoms with van der Waals surface area (Å²) in [5, 5.41) is 5.23. The van der Waals surface area contributed by atoms with Crippen LogP contribution in [0.25, 0.3) is 0 Å². The number of rotatable bonds is 7. The van der Waals surface area contributed by atoms with Crippen LogP contribution in [0.1, 0.15) is 30.6 Å². The van der Waals surface area contributed by atoms with E-state index in [2.05, 4.69) is 27.7 Å². The standard InChI is InChI=1S/C15H23N3OS2/c16-14(20)11-18-8-6-12(7-9-18)17-15(19)5-1-3-13-4-2-10-21-13/h2,4,10,12H,1,3,5-9,11H2,(H2,16,20)(H,17,19). The Hall–Kier alpha value is -0.980. The van der Waals surface area contributed by atoms with E-state index in [1.807, 2.05) is 0 Å². The Bertz CT molecular complexity index is 453. The van der Waals surface area contributed by atoms with Crippen molar-refractivity contribution in [3.8, 4) is 0 Å². The van der Waals surface area contributed by atoms with Crippen LogP contribution in [0.15, 0.2) is 17.5 Å². The second-order valence-corrected chi connectivity index (χ2v) is 7.07. The Labute approximate surface area is 135 Å². The van der Waals surface area contributed by atoms with E-state index in [0.29, 0.717) is 24.0 Å². The van der Waals surface area contributed by atoms with Gasteiger partial charge in [0.25, 0.3) is 0 Å². The number of piperidine rings is 1. The third-order valence-electron chi connectivity index (χ3n) is 3.74. The maximum absolute atomic E-state index is 11.9. The molecule has 1 amide bonds. The Balaban J connectivity index is 1.59.